The highest BCUT2D eigenvalue weighted by atomic mass is 16.3. The maximum Gasteiger partial charge on any atom is 0.0524 e. The Bertz CT molecular complexity index is 115. The third-order valence-electron chi connectivity index (χ3n) is 2.37. The molecule has 0 aromatic carbocycles. The Balaban J connectivity index is 2.07. The molecule has 1 aliphatic heterocycles. The molecule has 3 N–H and O–H groups in total. The van der Waals surface area contributed by atoms with Crippen molar-refractivity contribution in [2.24, 2.45) is 5.73 Å². The Morgan fingerprint density at radius 2 is 2.45 bits per heavy atom. The van der Waals surface area contributed by atoms with E-state index >= 15 is 0 Å². The summed E-state index contributed by atoms with van der Waals surface area (Å²) in [5.41, 5.74) is 5.53. The molecule has 1 heterocycles. The minimum atomic E-state index is -0.172. The predicted octanol–water partition coefficient (Wildman–Crippen LogP) is -0.210. The van der Waals surface area contributed by atoms with E-state index in [1.807, 2.05) is 6.92 Å². The van der Waals surface area contributed by atoms with Crippen LogP contribution in [0.4, 0.5) is 0 Å². The molecule has 0 radical (unpaired) electrons. The second-order valence-corrected chi connectivity index (χ2v) is 3.35. The molecular formula is C8H18N2O. The maximum absolute atomic E-state index is 9.02. The summed E-state index contributed by atoms with van der Waals surface area (Å²) in [6.45, 7) is 4.76. The number of nitrogens with zero attached hydrogens (tertiary/aromatic N) is 1. The van der Waals surface area contributed by atoms with Crippen LogP contribution >= 0.6 is 0 Å². The van der Waals surface area contributed by atoms with E-state index < -0.39 is 0 Å². The van der Waals surface area contributed by atoms with E-state index in [4.69, 9.17) is 10.8 Å². The molecular weight excluding hydrogens is 140 g/mol. The molecule has 1 fully saturated rings. The van der Waals surface area contributed by atoms with Crippen LogP contribution in [0.3, 0.4) is 0 Å². The van der Waals surface area contributed by atoms with Gasteiger partial charge >= 0.3 is 0 Å². The number of hydrogen-bond acceptors (Lipinski definition) is 3. The van der Waals surface area contributed by atoms with Crippen molar-refractivity contribution in [1.29, 1.82) is 0 Å². The molecule has 0 aromatic rings. The van der Waals surface area contributed by atoms with Crippen molar-refractivity contribution in [2.75, 3.05) is 19.6 Å². The second-order valence-electron chi connectivity index (χ2n) is 3.35. The molecule has 0 aromatic heterocycles. The summed E-state index contributed by atoms with van der Waals surface area (Å²) in [4.78, 5) is 2.34. The fraction of sp³-hybridized carbons (Fsp3) is 1.00. The summed E-state index contributed by atoms with van der Waals surface area (Å²) >= 11 is 0. The Kier molecular flexibility index (Phi) is 3.30. The van der Waals surface area contributed by atoms with Crippen molar-refractivity contribution < 1.29 is 5.11 Å². The number of aliphatic hydroxyl groups excluding tert-OH is 1. The zero-order valence-electron chi connectivity index (χ0n) is 7.16. The quantitative estimate of drug-likeness (QED) is 0.595. The van der Waals surface area contributed by atoms with Gasteiger partial charge in [-0.2, -0.15) is 0 Å². The molecule has 1 aliphatic rings. The lowest BCUT2D eigenvalue weighted by molar-refractivity contribution is 0.0733. The van der Waals surface area contributed by atoms with Crippen LogP contribution < -0.4 is 5.73 Å². The molecule has 66 valence electrons. The van der Waals surface area contributed by atoms with E-state index in [0.29, 0.717) is 6.04 Å². The van der Waals surface area contributed by atoms with Gasteiger partial charge < -0.3 is 10.8 Å². The van der Waals surface area contributed by atoms with Crippen LogP contribution in [0.15, 0.2) is 0 Å². The van der Waals surface area contributed by atoms with E-state index in [-0.39, 0.29) is 6.10 Å². The van der Waals surface area contributed by atoms with E-state index in [9.17, 15) is 0 Å². The molecule has 0 spiro atoms. The summed E-state index contributed by atoms with van der Waals surface area (Å²) in [6.07, 6.45) is 1.93. The number of rotatable bonds is 4. The first-order chi connectivity index (χ1) is 5.24. The van der Waals surface area contributed by atoms with Crippen molar-refractivity contribution in [1.82, 2.24) is 4.90 Å². The molecule has 3 heteroatoms. The molecule has 0 saturated carbocycles. The summed E-state index contributed by atoms with van der Waals surface area (Å²) < 4.78 is 0. The highest BCUT2D eigenvalue weighted by Gasteiger charge is 2.25. The zero-order chi connectivity index (χ0) is 8.27. The smallest absolute Gasteiger partial charge is 0.0524 e. The van der Waals surface area contributed by atoms with Gasteiger partial charge in [-0.25, -0.2) is 0 Å². The molecule has 3 nitrogen and oxygen atoms in total. The first-order valence-electron chi connectivity index (χ1n) is 4.36. The van der Waals surface area contributed by atoms with Gasteiger partial charge in [-0.05, 0) is 19.8 Å². The van der Waals surface area contributed by atoms with Crippen LogP contribution in [0.2, 0.25) is 0 Å². The number of aliphatic hydroxyl groups is 1. The molecule has 11 heavy (non-hydrogen) atoms. The van der Waals surface area contributed by atoms with E-state index in [1.54, 1.807) is 0 Å². The number of hydrogen-bond donors (Lipinski definition) is 2. The van der Waals surface area contributed by atoms with Gasteiger partial charge in [0.15, 0.2) is 0 Å². The van der Waals surface area contributed by atoms with Crippen LogP contribution in [0.1, 0.15) is 19.8 Å². The van der Waals surface area contributed by atoms with Gasteiger partial charge in [-0.15, -0.1) is 0 Å². The third-order valence-corrected chi connectivity index (χ3v) is 2.37. The molecule has 2 atom stereocenters. The maximum atomic E-state index is 9.02. The van der Waals surface area contributed by atoms with Crippen LogP contribution in [-0.4, -0.2) is 41.8 Å². The summed E-state index contributed by atoms with van der Waals surface area (Å²) in [7, 11) is 0. The molecule has 1 saturated heterocycles. The fourth-order valence-corrected chi connectivity index (χ4v) is 1.41. The average Bonchev–Trinajstić information content (AvgIpc) is 1.86. The summed E-state index contributed by atoms with van der Waals surface area (Å²) in [6, 6.07) is 0.591. The van der Waals surface area contributed by atoms with Crippen LogP contribution in [-0.2, 0) is 0 Å². The van der Waals surface area contributed by atoms with E-state index in [0.717, 1.165) is 26.1 Å². The van der Waals surface area contributed by atoms with Crippen LogP contribution in [0, 0.1) is 0 Å². The lowest BCUT2D eigenvalue weighted by atomic mass is 10.0. The molecule has 0 bridgehead atoms. The molecule has 0 amide bonds. The van der Waals surface area contributed by atoms with Crippen molar-refractivity contribution in [3.63, 3.8) is 0 Å². The lowest BCUT2D eigenvalue weighted by Gasteiger charge is -2.40. The van der Waals surface area contributed by atoms with Crippen molar-refractivity contribution in [2.45, 2.75) is 31.9 Å². The minimum absolute atomic E-state index is 0.172. The SMILES string of the molecule is CC(O)CCN1CCC1CN. The van der Waals surface area contributed by atoms with Gasteiger partial charge in [0.2, 0.25) is 0 Å². The summed E-state index contributed by atoms with van der Waals surface area (Å²) in [5.74, 6) is 0. The zero-order valence-corrected chi connectivity index (χ0v) is 7.16. The normalized spacial score (nSPS) is 28.1. The van der Waals surface area contributed by atoms with Crippen molar-refractivity contribution >= 4 is 0 Å². The van der Waals surface area contributed by atoms with Gasteiger partial charge in [0.05, 0.1) is 6.10 Å². The van der Waals surface area contributed by atoms with Gasteiger partial charge in [-0.3, -0.25) is 4.90 Å². The Labute approximate surface area is 68.2 Å². The van der Waals surface area contributed by atoms with Gasteiger partial charge in [0, 0.05) is 25.7 Å². The summed E-state index contributed by atoms with van der Waals surface area (Å²) in [5, 5.41) is 9.02. The Morgan fingerprint density at radius 1 is 1.73 bits per heavy atom. The van der Waals surface area contributed by atoms with E-state index in [2.05, 4.69) is 4.90 Å². The van der Waals surface area contributed by atoms with Crippen LogP contribution in [0.5, 0.6) is 0 Å². The van der Waals surface area contributed by atoms with Crippen molar-refractivity contribution in [3.05, 3.63) is 0 Å². The minimum Gasteiger partial charge on any atom is -0.393 e. The average molecular weight is 158 g/mol. The largest absolute Gasteiger partial charge is 0.393 e. The molecule has 0 aliphatic carbocycles. The predicted molar refractivity (Wildman–Crippen MR) is 45.3 cm³/mol. The number of nitrogens with two attached hydrogens (primary N) is 1. The van der Waals surface area contributed by atoms with Gasteiger partial charge in [0.1, 0.15) is 0 Å². The standard InChI is InChI=1S/C8H18N2O/c1-7(11)2-4-10-5-3-8(10)6-9/h7-8,11H,2-6,9H2,1H3. The third kappa shape index (κ3) is 2.43. The topological polar surface area (TPSA) is 49.5 Å². The highest BCUT2D eigenvalue weighted by Crippen LogP contribution is 2.16. The number of likely N-dealkylation sites (tertiary alicyclic amines) is 1. The monoisotopic (exact) mass is 158 g/mol. The Morgan fingerprint density at radius 3 is 2.82 bits per heavy atom. The first kappa shape index (κ1) is 8.97. The van der Waals surface area contributed by atoms with Crippen LogP contribution in [0.25, 0.3) is 0 Å². The first-order valence-corrected chi connectivity index (χ1v) is 4.36. The highest BCUT2D eigenvalue weighted by molar-refractivity contribution is 4.83. The second kappa shape index (κ2) is 4.04. The Hall–Kier alpha value is -0.120. The fourth-order valence-electron chi connectivity index (χ4n) is 1.41. The van der Waals surface area contributed by atoms with Gasteiger partial charge in [0.25, 0.3) is 0 Å². The van der Waals surface area contributed by atoms with Gasteiger partial charge in [-0.1, -0.05) is 0 Å². The lowest BCUT2D eigenvalue weighted by Crippen LogP contribution is -2.52. The van der Waals surface area contributed by atoms with E-state index in [1.165, 1.54) is 6.42 Å². The van der Waals surface area contributed by atoms with Crippen molar-refractivity contribution in [3.8, 4) is 0 Å². The molecule has 2 unspecified atom stereocenters. The molecule has 1 rings (SSSR count).